The van der Waals surface area contributed by atoms with Crippen LogP contribution >= 0.6 is 11.8 Å². The second-order valence-corrected chi connectivity index (χ2v) is 14.5. The van der Waals surface area contributed by atoms with Gasteiger partial charge in [-0.3, -0.25) is 14.4 Å². The van der Waals surface area contributed by atoms with Gasteiger partial charge in [-0.25, -0.2) is 4.98 Å². The highest BCUT2D eigenvalue weighted by molar-refractivity contribution is 7.99. The van der Waals surface area contributed by atoms with Crippen molar-refractivity contribution < 1.29 is 40.7 Å². The first-order valence-electron chi connectivity index (χ1n) is 18.1. The van der Waals surface area contributed by atoms with E-state index in [0.29, 0.717) is 54.8 Å². The molecule has 0 saturated heterocycles. The van der Waals surface area contributed by atoms with Crippen LogP contribution in [0.2, 0.25) is 0 Å². The number of halogens is 6. The quantitative estimate of drug-likeness (QED) is 0.0983. The van der Waals surface area contributed by atoms with Gasteiger partial charge in [-0.1, -0.05) is 36.0 Å². The third-order valence-electron chi connectivity index (χ3n) is 9.62. The monoisotopic (exact) mass is 806 g/mol. The van der Waals surface area contributed by atoms with Crippen molar-refractivity contribution >= 4 is 40.4 Å². The van der Waals surface area contributed by atoms with Gasteiger partial charge in [0, 0.05) is 54.8 Å². The Hall–Kier alpha value is -4.65. The molecule has 1 aliphatic heterocycles. The van der Waals surface area contributed by atoms with Gasteiger partial charge in [0.2, 0.25) is 17.7 Å². The molecule has 5 rings (SSSR count). The number of unbranched alkanes of at least 4 members (excludes halogenated alkanes) is 1. The first kappa shape index (κ1) is 42.5. The van der Waals surface area contributed by atoms with E-state index in [-0.39, 0.29) is 43.4 Å². The first-order valence-corrected chi connectivity index (χ1v) is 18.9. The Morgan fingerprint density at radius 1 is 0.857 bits per heavy atom. The number of H-pyrrole nitrogens is 1. The van der Waals surface area contributed by atoms with Crippen molar-refractivity contribution in [2.24, 2.45) is 11.5 Å². The standard InChI is InChI=1S/C38H44F6N8O3S/c1-52-31(17-23-20-48-28-10-3-2-9-26(23)28)34(54)50-21-24-16-25(37(39,40)41)18-27(38(42,43)44)32(24)56-35-22(8-7-15-47-35)19-49-29(12-6-14-46)33(53)51-30(36(52)55)11-4-5-13-45/h2-3,7-10,15-16,18,20,29-31,48-49H,4-6,11-14,17,19,21,45-46H2,1H3,(H,50,54)(H,51,53)/t29?,30?,31-/m0/s1. The molecule has 18 heteroatoms. The predicted octanol–water partition coefficient (Wildman–Crippen LogP) is 5.26. The number of para-hydroxylation sites is 1. The Labute approximate surface area is 323 Å². The Kier molecular flexibility index (Phi) is 14.1. The van der Waals surface area contributed by atoms with E-state index in [4.69, 9.17) is 11.5 Å². The number of nitrogens with zero attached hydrogens (tertiary/aromatic N) is 2. The number of fused-ring (bicyclic) bond motifs is 3. The van der Waals surface area contributed by atoms with E-state index in [0.717, 1.165) is 15.8 Å². The number of aromatic nitrogens is 2. The summed E-state index contributed by atoms with van der Waals surface area (Å²) in [7, 11) is 1.37. The number of nitrogens with two attached hydrogens (primary N) is 2. The lowest BCUT2D eigenvalue weighted by molar-refractivity contribution is -0.144. The molecule has 3 heterocycles. The molecule has 3 atom stereocenters. The summed E-state index contributed by atoms with van der Waals surface area (Å²) in [4.78, 5) is 50.5. The highest BCUT2D eigenvalue weighted by atomic mass is 32.2. The zero-order valence-electron chi connectivity index (χ0n) is 30.5. The number of carbonyl (C=O) groups is 3. The number of benzene rings is 2. The van der Waals surface area contributed by atoms with Crippen molar-refractivity contribution in [3.05, 3.63) is 88.7 Å². The van der Waals surface area contributed by atoms with Crippen molar-refractivity contribution in [1.82, 2.24) is 30.8 Å². The lowest BCUT2D eigenvalue weighted by Gasteiger charge is -2.32. The minimum Gasteiger partial charge on any atom is -0.361 e. The first-order chi connectivity index (χ1) is 26.6. The van der Waals surface area contributed by atoms with Crippen LogP contribution in [0.15, 0.2) is 70.8 Å². The van der Waals surface area contributed by atoms with Gasteiger partial charge in [0.1, 0.15) is 17.1 Å². The van der Waals surface area contributed by atoms with Gasteiger partial charge in [0.05, 0.1) is 17.2 Å². The van der Waals surface area contributed by atoms with Gasteiger partial charge in [0.15, 0.2) is 0 Å². The van der Waals surface area contributed by atoms with Crippen LogP contribution < -0.4 is 27.4 Å². The minimum absolute atomic E-state index is 0.0342. The maximum atomic E-state index is 14.7. The maximum absolute atomic E-state index is 14.7. The Balaban J connectivity index is 1.66. The van der Waals surface area contributed by atoms with Gasteiger partial charge >= 0.3 is 12.4 Å². The van der Waals surface area contributed by atoms with E-state index in [1.54, 1.807) is 30.5 Å². The second kappa shape index (κ2) is 18.5. The molecule has 0 bridgehead atoms. The van der Waals surface area contributed by atoms with Gasteiger partial charge in [-0.2, -0.15) is 26.3 Å². The maximum Gasteiger partial charge on any atom is 0.417 e. The summed E-state index contributed by atoms with van der Waals surface area (Å²) in [6, 6.07) is 7.59. The van der Waals surface area contributed by atoms with Gasteiger partial charge in [-0.05, 0) is 86.1 Å². The van der Waals surface area contributed by atoms with Crippen LogP contribution in [0.25, 0.3) is 10.9 Å². The number of pyridine rings is 1. The fourth-order valence-electron chi connectivity index (χ4n) is 6.58. The van der Waals surface area contributed by atoms with Crippen molar-refractivity contribution in [1.29, 1.82) is 0 Å². The van der Waals surface area contributed by atoms with Crippen LogP contribution in [0, 0.1) is 0 Å². The number of hydrogen-bond donors (Lipinski definition) is 6. The number of alkyl halides is 6. The number of likely N-dealkylation sites (N-methyl/N-ethyl adjacent to an activating group) is 1. The van der Waals surface area contributed by atoms with Gasteiger partial charge < -0.3 is 37.3 Å². The van der Waals surface area contributed by atoms with Crippen molar-refractivity contribution in [3.63, 3.8) is 0 Å². The smallest absolute Gasteiger partial charge is 0.361 e. The summed E-state index contributed by atoms with van der Waals surface area (Å²) < 4.78 is 86.4. The molecule has 4 aromatic rings. The molecule has 11 nitrogen and oxygen atoms in total. The number of rotatable bonds is 9. The fraction of sp³-hybridized carbons (Fsp3) is 0.421. The topological polar surface area (TPSA) is 171 Å². The molecule has 56 heavy (non-hydrogen) atoms. The number of hydrogen-bond acceptors (Lipinski definition) is 8. The molecule has 8 N–H and O–H groups in total. The molecule has 0 fully saturated rings. The summed E-state index contributed by atoms with van der Waals surface area (Å²) in [6.07, 6.45) is -5.67. The van der Waals surface area contributed by atoms with E-state index >= 15 is 0 Å². The summed E-state index contributed by atoms with van der Waals surface area (Å²) in [5.41, 5.74) is 9.64. The van der Waals surface area contributed by atoms with Crippen LogP contribution in [-0.2, 0) is 46.2 Å². The third kappa shape index (κ3) is 10.4. The van der Waals surface area contributed by atoms with E-state index in [2.05, 4.69) is 25.9 Å². The van der Waals surface area contributed by atoms with E-state index in [9.17, 15) is 40.7 Å². The summed E-state index contributed by atoms with van der Waals surface area (Å²) >= 11 is 0.504. The molecule has 0 saturated carbocycles. The van der Waals surface area contributed by atoms with E-state index < -0.39 is 76.3 Å². The molecule has 0 spiro atoms. The molecule has 0 radical (unpaired) electrons. The summed E-state index contributed by atoms with van der Waals surface area (Å²) in [5.74, 6) is -2.01. The van der Waals surface area contributed by atoms with Crippen molar-refractivity contribution in [2.45, 2.75) is 92.0 Å². The highest BCUT2D eigenvalue weighted by Crippen LogP contribution is 2.45. The van der Waals surface area contributed by atoms with E-state index in [1.165, 1.54) is 19.3 Å². The molecule has 0 aliphatic carbocycles. The second-order valence-electron chi connectivity index (χ2n) is 13.5. The number of amides is 3. The molecule has 3 amide bonds. The van der Waals surface area contributed by atoms with Crippen LogP contribution in [0.1, 0.15) is 59.9 Å². The lowest BCUT2D eigenvalue weighted by atomic mass is 10.0. The molecule has 302 valence electrons. The van der Waals surface area contributed by atoms with E-state index in [1.807, 2.05) is 6.07 Å². The normalized spacial score (nSPS) is 19.3. The van der Waals surface area contributed by atoms with Crippen molar-refractivity contribution in [2.75, 3.05) is 20.1 Å². The minimum atomic E-state index is -5.23. The zero-order valence-corrected chi connectivity index (χ0v) is 31.3. The Morgan fingerprint density at radius 2 is 1.59 bits per heavy atom. The molecule has 2 unspecified atom stereocenters. The average molecular weight is 807 g/mol. The van der Waals surface area contributed by atoms with Crippen LogP contribution in [-0.4, -0.2) is 70.9 Å². The number of aromatic amines is 1. The molecule has 2 aromatic carbocycles. The van der Waals surface area contributed by atoms with Gasteiger partial charge in [0.25, 0.3) is 0 Å². The van der Waals surface area contributed by atoms with Crippen LogP contribution in [0.5, 0.6) is 0 Å². The summed E-state index contributed by atoms with van der Waals surface area (Å²) in [5, 5.41) is 9.29. The largest absolute Gasteiger partial charge is 0.417 e. The third-order valence-corrected chi connectivity index (χ3v) is 10.9. The van der Waals surface area contributed by atoms with Crippen molar-refractivity contribution in [3.8, 4) is 0 Å². The summed E-state index contributed by atoms with van der Waals surface area (Å²) in [6.45, 7) is -0.261. The highest BCUT2D eigenvalue weighted by Gasteiger charge is 2.41. The van der Waals surface area contributed by atoms with Crippen LogP contribution in [0.4, 0.5) is 26.3 Å². The number of nitrogens with one attached hydrogen (secondary N) is 4. The zero-order chi connectivity index (χ0) is 40.6. The molecule has 2 aromatic heterocycles. The van der Waals surface area contributed by atoms with Crippen LogP contribution in [0.3, 0.4) is 0 Å². The average Bonchev–Trinajstić information content (AvgIpc) is 3.57. The molecular formula is C38H44F6N8O3S. The number of carbonyl (C=O) groups excluding carboxylic acids is 3. The fourth-order valence-corrected chi connectivity index (χ4v) is 7.70. The molecule has 1 aliphatic rings. The Bertz CT molecular complexity index is 2010. The van der Waals surface area contributed by atoms with Gasteiger partial charge in [-0.15, -0.1) is 0 Å². The Morgan fingerprint density at radius 3 is 2.30 bits per heavy atom. The SMILES string of the molecule is CN1C(=O)C(CCCCN)NC(=O)C(CCCN)NCc2cccnc2Sc2c(cc(C(F)(F)F)cc2C(F)(F)F)CNC(=O)[C@@H]1Cc1c[nH]c2ccccc12. The lowest BCUT2D eigenvalue weighted by Crippen LogP contribution is -2.57. The predicted molar refractivity (Wildman–Crippen MR) is 199 cm³/mol. The molecular weight excluding hydrogens is 763 g/mol.